The van der Waals surface area contributed by atoms with Crippen molar-refractivity contribution >= 4 is 5.91 Å². The highest BCUT2D eigenvalue weighted by atomic mass is 16.5. The van der Waals surface area contributed by atoms with E-state index in [0.29, 0.717) is 11.8 Å². The molecular formula is C16H25N3O2. The normalized spacial score (nSPS) is 29.0. The minimum Gasteiger partial charge on any atom is -0.376 e. The lowest BCUT2D eigenvalue weighted by molar-refractivity contribution is 0.0466. The number of carbonyl (C=O) groups is 1. The van der Waals surface area contributed by atoms with E-state index in [1.807, 2.05) is 34.8 Å². The van der Waals surface area contributed by atoms with Crippen molar-refractivity contribution < 1.29 is 9.53 Å². The average Bonchev–Trinajstić information content (AvgIpc) is 3.04. The van der Waals surface area contributed by atoms with Crippen LogP contribution in [0.25, 0.3) is 0 Å². The van der Waals surface area contributed by atoms with Crippen LogP contribution in [0.15, 0.2) is 18.3 Å². The molecular weight excluding hydrogens is 266 g/mol. The van der Waals surface area contributed by atoms with Gasteiger partial charge in [-0.1, -0.05) is 0 Å². The number of aromatic nitrogens is 1. The summed E-state index contributed by atoms with van der Waals surface area (Å²) >= 11 is 0. The van der Waals surface area contributed by atoms with Crippen molar-refractivity contribution in [2.24, 2.45) is 18.9 Å². The minimum atomic E-state index is 0.149. The predicted octanol–water partition coefficient (Wildman–Crippen LogP) is 1.06. The first-order valence-electron chi connectivity index (χ1n) is 7.73. The van der Waals surface area contributed by atoms with Crippen molar-refractivity contribution in [3.05, 3.63) is 24.0 Å². The number of rotatable bonds is 3. The lowest BCUT2D eigenvalue weighted by Crippen LogP contribution is -2.47. The molecule has 0 aliphatic carbocycles. The van der Waals surface area contributed by atoms with Gasteiger partial charge in [0.1, 0.15) is 5.69 Å². The molecule has 21 heavy (non-hydrogen) atoms. The first-order valence-corrected chi connectivity index (χ1v) is 7.73. The van der Waals surface area contributed by atoms with E-state index in [4.69, 9.17) is 4.74 Å². The number of fused-ring (bicyclic) bond motifs is 1. The smallest absolute Gasteiger partial charge is 0.270 e. The molecule has 0 saturated carbocycles. The van der Waals surface area contributed by atoms with E-state index in [1.54, 1.807) is 0 Å². The number of likely N-dealkylation sites (tertiary alicyclic amines) is 1. The van der Waals surface area contributed by atoms with Gasteiger partial charge in [-0.15, -0.1) is 0 Å². The third kappa shape index (κ3) is 2.85. The van der Waals surface area contributed by atoms with Crippen LogP contribution in [0.1, 0.15) is 16.9 Å². The summed E-state index contributed by atoms with van der Waals surface area (Å²) in [7, 11) is 6.08. The van der Waals surface area contributed by atoms with E-state index in [2.05, 4.69) is 19.0 Å². The molecule has 3 heterocycles. The van der Waals surface area contributed by atoms with Crippen LogP contribution in [0.2, 0.25) is 0 Å². The molecule has 2 saturated heterocycles. The number of hydrogen-bond acceptors (Lipinski definition) is 3. The Bertz CT molecular complexity index is 511. The van der Waals surface area contributed by atoms with Gasteiger partial charge in [0.25, 0.3) is 5.91 Å². The maximum atomic E-state index is 12.7. The Hall–Kier alpha value is -1.33. The third-order valence-electron chi connectivity index (χ3n) is 4.80. The molecule has 116 valence electrons. The second-order valence-corrected chi connectivity index (χ2v) is 6.60. The molecule has 0 aromatic carbocycles. The molecule has 1 aromatic heterocycles. The van der Waals surface area contributed by atoms with Crippen LogP contribution in [0.5, 0.6) is 0 Å². The van der Waals surface area contributed by atoms with Crippen molar-refractivity contribution in [1.29, 1.82) is 0 Å². The molecule has 0 spiro atoms. The number of likely N-dealkylation sites (N-methyl/N-ethyl adjacent to an activating group) is 1. The van der Waals surface area contributed by atoms with Gasteiger partial charge in [0, 0.05) is 38.8 Å². The quantitative estimate of drug-likeness (QED) is 0.836. The van der Waals surface area contributed by atoms with E-state index < -0.39 is 0 Å². The van der Waals surface area contributed by atoms with Gasteiger partial charge in [0.2, 0.25) is 0 Å². The SMILES string of the molecule is CN(C)C[C@H]1OC[C@@H]2CCN(C(=O)c3cccn3C)C[C@@H]21. The second kappa shape index (κ2) is 5.81. The van der Waals surface area contributed by atoms with Gasteiger partial charge >= 0.3 is 0 Å². The van der Waals surface area contributed by atoms with Gasteiger partial charge in [-0.05, 0) is 38.6 Å². The first kappa shape index (κ1) is 14.6. The van der Waals surface area contributed by atoms with Crippen molar-refractivity contribution in [3.8, 4) is 0 Å². The third-order valence-corrected chi connectivity index (χ3v) is 4.80. The highest BCUT2D eigenvalue weighted by molar-refractivity contribution is 5.92. The Morgan fingerprint density at radius 1 is 1.48 bits per heavy atom. The Morgan fingerprint density at radius 2 is 2.29 bits per heavy atom. The number of aryl methyl sites for hydroxylation is 1. The highest BCUT2D eigenvalue weighted by Gasteiger charge is 2.42. The van der Waals surface area contributed by atoms with E-state index in [-0.39, 0.29) is 12.0 Å². The largest absolute Gasteiger partial charge is 0.376 e. The van der Waals surface area contributed by atoms with Gasteiger partial charge in [-0.3, -0.25) is 4.79 Å². The topological polar surface area (TPSA) is 37.7 Å². The van der Waals surface area contributed by atoms with E-state index in [9.17, 15) is 4.79 Å². The Labute approximate surface area is 126 Å². The molecule has 5 heteroatoms. The number of piperidine rings is 1. The maximum absolute atomic E-state index is 12.7. The van der Waals surface area contributed by atoms with Crippen LogP contribution in [0.3, 0.4) is 0 Å². The monoisotopic (exact) mass is 291 g/mol. The number of carbonyl (C=O) groups excluding carboxylic acids is 1. The fourth-order valence-electron chi connectivity index (χ4n) is 3.61. The van der Waals surface area contributed by atoms with Crippen molar-refractivity contribution in [3.63, 3.8) is 0 Å². The summed E-state index contributed by atoms with van der Waals surface area (Å²) in [5, 5.41) is 0. The molecule has 1 amide bonds. The van der Waals surface area contributed by atoms with E-state index in [1.165, 1.54) is 0 Å². The highest BCUT2D eigenvalue weighted by Crippen LogP contribution is 2.34. The molecule has 0 N–H and O–H groups in total. The first-order chi connectivity index (χ1) is 10.1. The molecule has 2 fully saturated rings. The van der Waals surface area contributed by atoms with Gasteiger partial charge in [-0.25, -0.2) is 0 Å². The van der Waals surface area contributed by atoms with Crippen molar-refractivity contribution in [2.45, 2.75) is 12.5 Å². The van der Waals surface area contributed by atoms with Gasteiger partial charge in [0.15, 0.2) is 0 Å². The number of ether oxygens (including phenoxy) is 1. The van der Waals surface area contributed by atoms with Crippen LogP contribution in [-0.4, -0.2) is 66.7 Å². The maximum Gasteiger partial charge on any atom is 0.270 e. The molecule has 2 aliphatic heterocycles. The molecule has 0 unspecified atom stereocenters. The van der Waals surface area contributed by atoms with Crippen LogP contribution >= 0.6 is 0 Å². The number of nitrogens with zero attached hydrogens (tertiary/aromatic N) is 3. The lowest BCUT2D eigenvalue weighted by atomic mass is 9.84. The van der Waals surface area contributed by atoms with Crippen molar-refractivity contribution in [2.75, 3.05) is 40.3 Å². The summed E-state index contributed by atoms with van der Waals surface area (Å²) in [6, 6.07) is 3.82. The van der Waals surface area contributed by atoms with E-state index in [0.717, 1.165) is 38.4 Å². The predicted molar refractivity (Wildman–Crippen MR) is 81.2 cm³/mol. The molecule has 3 rings (SSSR count). The summed E-state index contributed by atoms with van der Waals surface area (Å²) in [5.74, 6) is 1.24. The summed E-state index contributed by atoms with van der Waals surface area (Å²) in [4.78, 5) is 16.8. The Morgan fingerprint density at radius 3 is 2.95 bits per heavy atom. The summed E-state index contributed by atoms with van der Waals surface area (Å²) in [6.07, 6.45) is 3.24. The van der Waals surface area contributed by atoms with Gasteiger partial charge in [0.05, 0.1) is 12.7 Å². The Kier molecular flexibility index (Phi) is 4.04. The average molecular weight is 291 g/mol. The zero-order chi connectivity index (χ0) is 15.0. The molecule has 0 bridgehead atoms. The summed E-state index contributed by atoms with van der Waals surface area (Å²) in [5.41, 5.74) is 0.775. The van der Waals surface area contributed by atoms with Crippen LogP contribution < -0.4 is 0 Å². The van der Waals surface area contributed by atoms with Crippen LogP contribution in [-0.2, 0) is 11.8 Å². The fourth-order valence-corrected chi connectivity index (χ4v) is 3.61. The molecule has 0 radical (unpaired) electrons. The summed E-state index contributed by atoms with van der Waals surface area (Å²) < 4.78 is 7.87. The van der Waals surface area contributed by atoms with E-state index >= 15 is 0 Å². The summed E-state index contributed by atoms with van der Waals surface area (Å²) in [6.45, 7) is 3.47. The molecule has 1 aromatic rings. The molecule has 3 atom stereocenters. The van der Waals surface area contributed by atoms with Gasteiger partial charge < -0.3 is 19.1 Å². The fraction of sp³-hybridized carbons (Fsp3) is 0.688. The van der Waals surface area contributed by atoms with Crippen LogP contribution in [0, 0.1) is 11.8 Å². The minimum absolute atomic E-state index is 0.149. The lowest BCUT2D eigenvalue weighted by Gasteiger charge is -2.36. The molecule has 5 nitrogen and oxygen atoms in total. The molecule has 2 aliphatic rings. The van der Waals surface area contributed by atoms with Crippen molar-refractivity contribution in [1.82, 2.24) is 14.4 Å². The standard InChI is InChI=1S/C16H25N3O2/c1-17(2)10-15-13-9-19(8-6-12(13)11-21-15)16(20)14-5-4-7-18(14)3/h4-5,7,12-13,15H,6,8-11H2,1-3H3/t12-,13-,15+/m0/s1. The number of hydrogen-bond donors (Lipinski definition) is 0. The van der Waals surface area contributed by atoms with Crippen LogP contribution in [0.4, 0.5) is 0 Å². The Balaban J connectivity index is 1.70. The zero-order valence-electron chi connectivity index (χ0n) is 13.2. The number of amides is 1. The second-order valence-electron chi connectivity index (χ2n) is 6.60. The zero-order valence-corrected chi connectivity index (χ0v) is 13.2. The van der Waals surface area contributed by atoms with Gasteiger partial charge in [-0.2, -0.15) is 0 Å².